The summed E-state index contributed by atoms with van der Waals surface area (Å²) in [4.78, 5) is 12.1. The van der Waals surface area contributed by atoms with Gasteiger partial charge in [0.2, 0.25) is 0 Å². The zero-order valence-electron chi connectivity index (χ0n) is 10.7. The van der Waals surface area contributed by atoms with Gasteiger partial charge in [0.1, 0.15) is 5.75 Å². The van der Waals surface area contributed by atoms with Crippen molar-refractivity contribution in [3.63, 3.8) is 0 Å². The third kappa shape index (κ3) is 2.96. The third-order valence-corrected chi connectivity index (χ3v) is 3.84. The quantitative estimate of drug-likeness (QED) is 0.878. The molecule has 4 heteroatoms. The van der Waals surface area contributed by atoms with Crippen molar-refractivity contribution < 1.29 is 9.90 Å². The summed E-state index contributed by atoms with van der Waals surface area (Å²) in [6.45, 7) is 3.72. The Bertz CT molecular complexity index is 638. The van der Waals surface area contributed by atoms with E-state index >= 15 is 0 Å². The maximum atomic E-state index is 12.1. The highest BCUT2D eigenvalue weighted by Crippen LogP contribution is 2.25. The molecule has 0 heterocycles. The molecule has 3 nitrogen and oxygen atoms in total. The van der Waals surface area contributed by atoms with Crippen molar-refractivity contribution in [3.8, 4) is 5.75 Å². The molecule has 98 valence electrons. The molecule has 2 aromatic carbocycles. The van der Waals surface area contributed by atoms with Gasteiger partial charge in [-0.3, -0.25) is 4.79 Å². The van der Waals surface area contributed by atoms with Gasteiger partial charge in [-0.15, -0.1) is 0 Å². The van der Waals surface area contributed by atoms with Crippen LogP contribution in [0.4, 0.5) is 5.69 Å². The average Bonchev–Trinajstić information content (AvgIpc) is 2.38. The number of phenols is 1. The second-order valence-electron chi connectivity index (χ2n) is 4.37. The minimum atomic E-state index is -0.200. The Morgan fingerprint density at radius 3 is 2.63 bits per heavy atom. The first kappa shape index (κ1) is 13.6. The van der Waals surface area contributed by atoms with E-state index in [4.69, 9.17) is 0 Å². The van der Waals surface area contributed by atoms with Crippen LogP contribution in [-0.2, 0) is 0 Å². The second kappa shape index (κ2) is 5.45. The smallest absolute Gasteiger partial charge is 0.255 e. The predicted octanol–water partition coefficient (Wildman–Crippen LogP) is 4.02. The Labute approximate surface area is 120 Å². The number of nitrogens with one attached hydrogen (secondary N) is 1. The molecule has 0 atom stereocenters. The van der Waals surface area contributed by atoms with Crippen LogP contribution >= 0.6 is 15.9 Å². The van der Waals surface area contributed by atoms with Gasteiger partial charge in [-0.25, -0.2) is 0 Å². The fourth-order valence-corrected chi connectivity index (χ4v) is 2.07. The summed E-state index contributed by atoms with van der Waals surface area (Å²) in [7, 11) is 0. The van der Waals surface area contributed by atoms with Gasteiger partial charge < -0.3 is 10.4 Å². The van der Waals surface area contributed by atoms with Crippen LogP contribution in [0.3, 0.4) is 0 Å². The number of anilines is 1. The molecule has 2 rings (SSSR count). The van der Waals surface area contributed by atoms with Crippen LogP contribution in [0.2, 0.25) is 0 Å². The highest BCUT2D eigenvalue weighted by molar-refractivity contribution is 9.10. The zero-order chi connectivity index (χ0) is 14.0. The van der Waals surface area contributed by atoms with Gasteiger partial charge in [0, 0.05) is 21.3 Å². The van der Waals surface area contributed by atoms with Gasteiger partial charge in [0.25, 0.3) is 5.91 Å². The topological polar surface area (TPSA) is 49.3 Å². The van der Waals surface area contributed by atoms with E-state index in [1.807, 2.05) is 13.0 Å². The predicted molar refractivity (Wildman–Crippen MR) is 79.7 cm³/mol. The average molecular weight is 320 g/mol. The van der Waals surface area contributed by atoms with E-state index in [1.54, 1.807) is 37.3 Å². The van der Waals surface area contributed by atoms with Gasteiger partial charge in [0.15, 0.2) is 0 Å². The molecule has 2 N–H and O–H groups in total. The minimum Gasteiger partial charge on any atom is -0.508 e. The molecule has 0 saturated heterocycles. The zero-order valence-corrected chi connectivity index (χ0v) is 12.3. The standard InChI is InChI=1S/C15H14BrNO2/c1-9-6-7-11(8-12(9)16)15(19)17-13-4-3-5-14(18)10(13)2/h3-8,18H,1-2H3,(H,17,19). The highest BCUT2D eigenvalue weighted by atomic mass is 79.9. The Morgan fingerprint density at radius 1 is 1.21 bits per heavy atom. The Hall–Kier alpha value is -1.81. The van der Waals surface area contributed by atoms with E-state index in [2.05, 4.69) is 21.2 Å². The molecular weight excluding hydrogens is 306 g/mol. The number of rotatable bonds is 2. The molecule has 0 bridgehead atoms. The molecule has 0 unspecified atom stereocenters. The lowest BCUT2D eigenvalue weighted by Gasteiger charge is -2.10. The number of hydrogen-bond acceptors (Lipinski definition) is 2. The summed E-state index contributed by atoms with van der Waals surface area (Å²) in [5.74, 6) is -0.0303. The van der Waals surface area contributed by atoms with Gasteiger partial charge in [0.05, 0.1) is 0 Å². The molecule has 0 aliphatic carbocycles. The van der Waals surface area contributed by atoms with Gasteiger partial charge in [-0.05, 0) is 43.7 Å². The summed E-state index contributed by atoms with van der Waals surface area (Å²) in [5, 5.41) is 12.4. The maximum absolute atomic E-state index is 12.1. The molecular formula is C15H14BrNO2. The number of phenolic OH excluding ortho intramolecular Hbond substituents is 1. The number of halogens is 1. The number of carbonyl (C=O) groups is 1. The molecule has 0 aliphatic rings. The largest absolute Gasteiger partial charge is 0.508 e. The van der Waals surface area contributed by atoms with Gasteiger partial charge in [-0.1, -0.05) is 28.1 Å². The molecule has 0 aliphatic heterocycles. The number of carbonyl (C=O) groups excluding carboxylic acids is 1. The molecule has 1 amide bonds. The van der Waals surface area contributed by atoms with Crippen LogP contribution in [0, 0.1) is 13.8 Å². The van der Waals surface area contributed by atoms with Crippen molar-refractivity contribution in [1.29, 1.82) is 0 Å². The lowest BCUT2D eigenvalue weighted by Crippen LogP contribution is -2.12. The number of aryl methyl sites for hydroxylation is 1. The van der Waals surface area contributed by atoms with Gasteiger partial charge >= 0.3 is 0 Å². The molecule has 2 aromatic rings. The Kier molecular flexibility index (Phi) is 3.90. The number of hydrogen-bond donors (Lipinski definition) is 2. The number of aromatic hydroxyl groups is 1. The summed E-state index contributed by atoms with van der Waals surface area (Å²) in [6, 6.07) is 10.5. The van der Waals surface area contributed by atoms with E-state index in [1.165, 1.54) is 0 Å². The first-order valence-electron chi connectivity index (χ1n) is 5.85. The molecule has 0 aromatic heterocycles. The number of amides is 1. The minimum absolute atomic E-state index is 0.169. The van der Waals surface area contributed by atoms with Crippen molar-refractivity contribution in [2.75, 3.05) is 5.32 Å². The normalized spacial score (nSPS) is 10.3. The molecule has 0 fully saturated rings. The lowest BCUT2D eigenvalue weighted by atomic mass is 10.1. The first-order chi connectivity index (χ1) is 8.99. The second-order valence-corrected chi connectivity index (χ2v) is 5.22. The Balaban J connectivity index is 2.26. The van der Waals surface area contributed by atoms with Crippen molar-refractivity contribution in [1.82, 2.24) is 0 Å². The van der Waals surface area contributed by atoms with Gasteiger partial charge in [-0.2, -0.15) is 0 Å². The Morgan fingerprint density at radius 2 is 1.95 bits per heavy atom. The monoisotopic (exact) mass is 319 g/mol. The highest BCUT2D eigenvalue weighted by Gasteiger charge is 2.10. The van der Waals surface area contributed by atoms with E-state index in [9.17, 15) is 9.90 Å². The van der Waals surface area contributed by atoms with Crippen LogP contribution in [0.15, 0.2) is 40.9 Å². The summed E-state index contributed by atoms with van der Waals surface area (Å²) in [6.07, 6.45) is 0. The fraction of sp³-hybridized carbons (Fsp3) is 0.133. The van der Waals surface area contributed by atoms with Crippen LogP contribution in [-0.4, -0.2) is 11.0 Å². The molecule has 0 spiro atoms. The summed E-state index contributed by atoms with van der Waals surface area (Å²) >= 11 is 3.41. The van der Waals surface area contributed by atoms with E-state index in [0.717, 1.165) is 10.0 Å². The van der Waals surface area contributed by atoms with Crippen LogP contribution < -0.4 is 5.32 Å². The van der Waals surface area contributed by atoms with Crippen LogP contribution in [0.25, 0.3) is 0 Å². The van der Waals surface area contributed by atoms with Crippen LogP contribution in [0.5, 0.6) is 5.75 Å². The molecule has 0 saturated carbocycles. The van der Waals surface area contributed by atoms with E-state index < -0.39 is 0 Å². The van der Waals surface area contributed by atoms with Crippen molar-refractivity contribution >= 4 is 27.5 Å². The van der Waals surface area contributed by atoms with Crippen LogP contribution in [0.1, 0.15) is 21.5 Å². The SMILES string of the molecule is Cc1ccc(C(=O)Nc2cccc(O)c2C)cc1Br. The van der Waals surface area contributed by atoms with Crippen molar-refractivity contribution in [3.05, 3.63) is 57.6 Å². The third-order valence-electron chi connectivity index (χ3n) is 2.99. The lowest BCUT2D eigenvalue weighted by molar-refractivity contribution is 0.102. The van der Waals surface area contributed by atoms with Crippen molar-refractivity contribution in [2.24, 2.45) is 0 Å². The summed E-state index contributed by atoms with van der Waals surface area (Å²) in [5.41, 5.74) is 2.91. The van der Waals surface area contributed by atoms with Crippen molar-refractivity contribution in [2.45, 2.75) is 13.8 Å². The fourth-order valence-electron chi connectivity index (χ4n) is 1.69. The summed E-state index contributed by atoms with van der Waals surface area (Å²) < 4.78 is 0.896. The maximum Gasteiger partial charge on any atom is 0.255 e. The van der Waals surface area contributed by atoms with E-state index in [0.29, 0.717) is 16.8 Å². The molecule has 19 heavy (non-hydrogen) atoms. The van der Waals surface area contributed by atoms with E-state index in [-0.39, 0.29) is 11.7 Å². The first-order valence-corrected chi connectivity index (χ1v) is 6.64. The molecule has 0 radical (unpaired) electrons. The number of benzene rings is 2.